The topological polar surface area (TPSA) is 62.7 Å². The number of carbonyl (C=O) groups is 1. The standard InChI is InChI=1S/C11H18N2O3S/c1-9-12-10(8-17-9)7-11(15)13(3-5-14)4-6-16-2/h8,14H,3-7H2,1-2H3. The van der Waals surface area contributed by atoms with Gasteiger partial charge in [0.1, 0.15) is 0 Å². The molecule has 0 aliphatic rings. The summed E-state index contributed by atoms with van der Waals surface area (Å²) in [5.74, 6) is -0.0265. The molecule has 0 bridgehead atoms. The van der Waals surface area contributed by atoms with Crippen LogP contribution in [-0.2, 0) is 16.0 Å². The number of hydrogen-bond donors (Lipinski definition) is 1. The van der Waals surface area contributed by atoms with Gasteiger partial charge in [-0.2, -0.15) is 0 Å². The van der Waals surface area contributed by atoms with E-state index in [9.17, 15) is 4.79 Å². The number of methoxy groups -OCH3 is 1. The van der Waals surface area contributed by atoms with E-state index in [1.165, 1.54) is 11.3 Å². The van der Waals surface area contributed by atoms with Crippen LogP contribution in [0.4, 0.5) is 0 Å². The zero-order valence-corrected chi connectivity index (χ0v) is 11.0. The number of carbonyl (C=O) groups excluding carboxylic acids is 1. The number of thiazole rings is 1. The van der Waals surface area contributed by atoms with Crippen molar-refractivity contribution in [1.29, 1.82) is 0 Å². The summed E-state index contributed by atoms with van der Waals surface area (Å²) in [6, 6.07) is 0. The normalized spacial score (nSPS) is 10.5. The summed E-state index contributed by atoms with van der Waals surface area (Å²) in [6.45, 7) is 3.19. The predicted octanol–water partition coefficient (Wildman–Crippen LogP) is 0.461. The molecule has 0 fully saturated rings. The van der Waals surface area contributed by atoms with E-state index in [-0.39, 0.29) is 18.9 Å². The maximum Gasteiger partial charge on any atom is 0.228 e. The predicted molar refractivity (Wildman–Crippen MR) is 66.1 cm³/mol. The zero-order valence-electron chi connectivity index (χ0n) is 10.2. The Morgan fingerprint density at radius 3 is 2.88 bits per heavy atom. The maximum atomic E-state index is 11.9. The molecule has 5 nitrogen and oxygen atoms in total. The van der Waals surface area contributed by atoms with Gasteiger partial charge in [-0.15, -0.1) is 11.3 Å². The van der Waals surface area contributed by atoms with E-state index in [2.05, 4.69) is 4.98 Å². The second-order valence-electron chi connectivity index (χ2n) is 3.63. The highest BCUT2D eigenvalue weighted by molar-refractivity contribution is 7.09. The molecule has 6 heteroatoms. The lowest BCUT2D eigenvalue weighted by atomic mass is 10.3. The number of aromatic nitrogens is 1. The molecule has 1 amide bonds. The van der Waals surface area contributed by atoms with Gasteiger partial charge in [-0.05, 0) is 6.92 Å². The van der Waals surface area contributed by atoms with Crippen molar-refractivity contribution in [3.63, 3.8) is 0 Å². The fourth-order valence-corrected chi connectivity index (χ4v) is 2.05. The van der Waals surface area contributed by atoms with E-state index in [0.29, 0.717) is 19.7 Å². The molecule has 1 heterocycles. The number of aliphatic hydroxyl groups is 1. The third-order valence-electron chi connectivity index (χ3n) is 2.29. The van der Waals surface area contributed by atoms with Crippen molar-refractivity contribution in [3.05, 3.63) is 16.1 Å². The van der Waals surface area contributed by atoms with Gasteiger partial charge in [0.2, 0.25) is 5.91 Å². The Hall–Kier alpha value is -0.980. The lowest BCUT2D eigenvalue weighted by Gasteiger charge is -2.20. The van der Waals surface area contributed by atoms with E-state index >= 15 is 0 Å². The fraction of sp³-hybridized carbons (Fsp3) is 0.636. The average molecular weight is 258 g/mol. The second-order valence-corrected chi connectivity index (χ2v) is 4.69. The molecule has 17 heavy (non-hydrogen) atoms. The first-order chi connectivity index (χ1) is 8.17. The first kappa shape index (κ1) is 14.1. The molecule has 0 unspecified atom stereocenters. The first-order valence-corrected chi connectivity index (χ1v) is 6.34. The van der Waals surface area contributed by atoms with Gasteiger partial charge in [0.25, 0.3) is 0 Å². The molecule has 1 aromatic heterocycles. The van der Waals surface area contributed by atoms with Crippen LogP contribution in [0.25, 0.3) is 0 Å². The highest BCUT2D eigenvalue weighted by Gasteiger charge is 2.14. The Labute approximate surface area is 105 Å². The summed E-state index contributed by atoms with van der Waals surface area (Å²) in [6.07, 6.45) is 0.286. The van der Waals surface area contributed by atoms with Crippen LogP contribution >= 0.6 is 11.3 Å². The minimum absolute atomic E-state index is 0.0265. The number of hydrogen-bond acceptors (Lipinski definition) is 5. The molecule has 0 saturated carbocycles. The van der Waals surface area contributed by atoms with Gasteiger partial charge in [-0.3, -0.25) is 4.79 Å². The second kappa shape index (κ2) is 7.37. The Kier molecular flexibility index (Phi) is 6.10. The molecule has 0 aliphatic heterocycles. The van der Waals surface area contributed by atoms with Crippen molar-refractivity contribution in [2.45, 2.75) is 13.3 Å². The molecular formula is C11H18N2O3S. The summed E-state index contributed by atoms with van der Waals surface area (Å²) >= 11 is 1.53. The number of aryl methyl sites for hydroxylation is 1. The molecule has 96 valence electrons. The van der Waals surface area contributed by atoms with Crippen molar-refractivity contribution in [1.82, 2.24) is 9.88 Å². The molecule has 0 aromatic carbocycles. The molecule has 1 aromatic rings. The monoisotopic (exact) mass is 258 g/mol. The van der Waals surface area contributed by atoms with Crippen LogP contribution in [0.15, 0.2) is 5.38 Å². The Morgan fingerprint density at radius 2 is 2.35 bits per heavy atom. The summed E-state index contributed by atoms with van der Waals surface area (Å²) < 4.78 is 4.93. The minimum Gasteiger partial charge on any atom is -0.395 e. The molecular weight excluding hydrogens is 240 g/mol. The highest BCUT2D eigenvalue weighted by Crippen LogP contribution is 2.09. The minimum atomic E-state index is -0.0362. The SMILES string of the molecule is COCCN(CCO)C(=O)Cc1csc(C)n1. The van der Waals surface area contributed by atoms with E-state index in [4.69, 9.17) is 9.84 Å². The number of amides is 1. The summed E-state index contributed by atoms with van der Waals surface area (Å²) in [7, 11) is 1.59. The van der Waals surface area contributed by atoms with Gasteiger partial charge in [-0.25, -0.2) is 4.98 Å². The van der Waals surface area contributed by atoms with Crippen LogP contribution in [0.3, 0.4) is 0 Å². The smallest absolute Gasteiger partial charge is 0.228 e. The van der Waals surface area contributed by atoms with Crippen molar-refractivity contribution in [3.8, 4) is 0 Å². The maximum absolute atomic E-state index is 11.9. The number of ether oxygens (including phenoxy) is 1. The lowest BCUT2D eigenvalue weighted by Crippen LogP contribution is -2.37. The summed E-state index contributed by atoms with van der Waals surface area (Å²) in [5.41, 5.74) is 0.790. The molecule has 0 atom stereocenters. The van der Waals surface area contributed by atoms with E-state index in [1.54, 1.807) is 12.0 Å². The van der Waals surface area contributed by atoms with Gasteiger partial charge in [0.15, 0.2) is 0 Å². The molecule has 1 rings (SSSR count). The Morgan fingerprint density at radius 1 is 1.59 bits per heavy atom. The van der Waals surface area contributed by atoms with E-state index in [0.717, 1.165) is 10.7 Å². The molecule has 0 spiro atoms. The van der Waals surface area contributed by atoms with Crippen LogP contribution in [0.2, 0.25) is 0 Å². The van der Waals surface area contributed by atoms with Gasteiger partial charge in [0.05, 0.1) is 30.3 Å². The first-order valence-electron chi connectivity index (χ1n) is 5.46. The van der Waals surface area contributed by atoms with Crippen molar-refractivity contribution < 1.29 is 14.6 Å². The summed E-state index contributed by atoms with van der Waals surface area (Å²) in [5, 5.41) is 11.8. The zero-order chi connectivity index (χ0) is 12.7. The van der Waals surface area contributed by atoms with Crippen LogP contribution in [0.5, 0.6) is 0 Å². The van der Waals surface area contributed by atoms with Gasteiger partial charge < -0.3 is 14.7 Å². The van der Waals surface area contributed by atoms with Crippen molar-refractivity contribution >= 4 is 17.2 Å². The van der Waals surface area contributed by atoms with Crippen molar-refractivity contribution in [2.24, 2.45) is 0 Å². The van der Waals surface area contributed by atoms with Crippen molar-refractivity contribution in [2.75, 3.05) is 33.4 Å². The van der Waals surface area contributed by atoms with Crippen LogP contribution < -0.4 is 0 Å². The number of rotatable bonds is 7. The molecule has 0 saturated heterocycles. The van der Waals surface area contributed by atoms with Gasteiger partial charge in [-0.1, -0.05) is 0 Å². The molecule has 1 N–H and O–H groups in total. The highest BCUT2D eigenvalue weighted by atomic mass is 32.1. The molecule has 0 aliphatic carbocycles. The van der Waals surface area contributed by atoms with Crippen LogP contribution in [0, 0.1) is 6.92 Å². The number of aliphatic hydroxyl groups excluding tert-OH is 1. The van der Waals surface area contributed by atoms with Crippen LogP contribution in [-0.4, -0.2) is 54.3 Å². The largest absolute Gasteiger partial charge is 0.395 e. The average Bonchev–Trinajstić information content (AvgIpc) is 2.70. The lowest BCUT2D eigenvalue weighted by molar-refractivity contribution is -0.131. The third-order valence-corrected chi connectivity index (χ3v) is 3.11. The van der Waals surface area contributed by atoms with E-state index < -0.39 is 0 Å². The molecule has 0 radical (unpaired) electrons. The van der Waals surface area contributed by atoms with E-state index in [1.807, 2.05) is 12.3 Å². The quantitative estimate of drug-likeness (QED) is 0.772. The Balaban J connectivity index is 2.52. The third kappa shape index (κ3) is 4.80. The summed E-state index contributed by atoms with van der Waals surface area (Å²) in [4.78, 5) is 17.8. The van der Waals surface area contributed by atoms with Gasteiger partial charge >= 0.3 is 0 Å². The fourth-order valence-electron chi connectivity index (χ4n) is 1.44. The van der Waals surface area contributed by atoms with Crippen LogP contribution in [0.1, 0.15) is 10.7 Å². The number of nitrogens with zero attached hydrogens (tertiary/aromatic N) is 2. The van der Waals surface area contributed by atoms with Gasteiger partial charge in [0, 0.05) is 25.6 Å². The Bertz CT molecular complexity index is 354.